The van der Waals surface area contributed by atoms with E-state index >= 15 is 0 Å². The summed E-state index contributed by atoms with van der Waals surface area (Å²) in [6.45, 7) is 0. The summed E-state index contributed by atoms with van der Waals surface area (Å²) in [5.74, 6) is 0. The van der Waals surface area contributed by atoms with Crippen molar-refractivity contribution in [2.75, 3.05) is 24.7 Å². The molecule has 0 bridgehead atoms. The van der Waals surface area contributed by atoms with Gasteiger partial charge in [-0.2, -0.15) is 0 Å². The fraction of sp³-hybridized carbons (Fsp3) is 0.0541. The maximum absolute atomic E-state index is 5.15. The van der Waals surface area contributed by atoms with E-state index in [0.29, 0.717) is 0 Å². The number of nitrogens with zero attached hydrogens (tertiary/aromatic N) is 1. The van der Waals surface area contributed by atoms with Crippen molar-refractivity contribution >= 4 is 11.4 Å². The summed E-state index contributed by atoms with van der Waals surface area (Å²) in [5.41, 5.74) is 13.3. The average Bonchev–Trinajstić information content (AvgIpc) is 3.05. The van der Waals surface area contributed by atoms with Crippen LogP contribution in [0.15, 0.2) is 140 Å². The van der Waals surface area contributed by atoms with Gasteiger partial charge in [-0.05, 0) is 64.2 Å². The minimum atomic E-state index is 0.945. The molecule has 0 unspecified atom stereocenters. The van der Waals surface area contributed by atoms with Gasteiger partial charge in [0.2, 0.25) is 0 Å². The highest BCUT2D eigenvalue weighted by Crippen LogP contribution is 2.35. The first-order valence-corrected chi connectivity index (χ1v) is 13.6. The molecule has 0 aliphatic heterocycles. The highest BCUT2D eigenvalue weighted by Gasteiger charge is 2.12. The zero-order chi connectivity index (χ0) is 27.3. The van der Waals surface area contributed by atoms with Gasteiger partial charge in [0.1, 0.15) is 0 Å². The summed E-state index contributed by atoms with van der Waals surface area (Å²) in [6, 6.07) is 49.1. The monoisotopic (exact) mass is 517 g/mol. The van der Waals surface area contributed by atoms with Crippen LogP contribution in [0, 0.1) is 0 Å². The summed E-state index contributed by atoms with van der Waals surface area (Å²) in [7, 11) is 3.91. The Morgan fingerprint density at radius 3 is 1.60 bits per heavy atom. The third-order valence-corrected chi connectivity index (χ3v) is 7.27. The normalized spacial score (nSPS) is 10.8. The first-order valence-electron chi connectivity index (χ1n) is 13.6. The Labute approximate surface area is 236 Å². The Hall–Kier alpha value is -5.15. The molecule has 0 saturated heterocycles. The lowest BCUT2D eigenvalue weighted by molar-refractivity contribution is 1.32. The molecule has 0 amide bonds. The standard InChI is InChI=1S/C37H31N3/c1-38-33-20-21-35(39-2)34(25-33)30-14-9-15-31(22-30)37-24-32(23-36(40-37)29-12-7-4-8-13-29)28-18-16-27(17-19-28)26-10-5-3-6-11-26/h3-25,38-39H,1-2H3. The number of benzene rings is 5. The summed E-state index contributed by atoms with van der Waals surface area (Å²) >= 11 is 0. The Morgan fingerprint density at radius 2 is 0.950 bits per heavy atom. The molecule has 6 aromatic rings. The first-order chi connectivity index (χ1) is 19.7. The lowest BCUT2D eigenvalue weighted by Gasteiger charge is -2.14. The van der Waals surface area contributed by atoms with Crippen LogP contribution in [0.2, 0.25) is 0 Å². The van der Waals surface area contributed by atoms with Gasteiger partial charge in [0.15, 0.2) is 0 Å². The molecule has 3 nitrogen and oxygen atoms in total. The predicted molar refractivity (Wildman–Crippen MR) is 171 cm³/mol. The predicted octanol–water partition coefficient (Wildman–Crippen LogP) is 9.50. The van der Waals surface area contributed by atoms with Crippen LogP contribution in [-0.2, 0) is 0 Å². The SMILES string of the molecule is CNc1ccc(NC)c(-c2cccc(-c3cc(-c4ccc(-c5ccccc5)cc4)cc(-c4ccccc4)n3)c2)c1. The zero-order valence-corrected chi connectivity index (χ0v) is 22.7. The second-order valence-electron chi connectivity index (χ2n) is 9.78. The molecular formula is C37H31N3. The lowest BCUT2D eigenvalue weighted by atomic mass is 9.96. The van der Waals surface area contributed by atoms with E-state index in [1.165, 1.54) is 11.1 Å². The number of anilines is 2. The van der Waals surface area contributed by atoms with Crippen molar-refractivity contribution in [3.63, 3.8) is 0 Å². The van der Waals surface area contributed by atoms with Crippen molar-refractivity contribution in [2.45, 2.75) is 0 Å². The van der Waals surface area contributed by atoms with Crippen molar-refractivity contribution in [1.82, 2.24) is 4.98 Å². The van der Waals surface area contributed by atoms with Gasteiger partial charge in [0, 0.05) is 42.2 Å². The van der Waals surface area contributed by atoms with Crippen LogP contribution < -0.4 is 10.6 Å². The Kier molecular flexibility index (Phi) is 7.11. The lowest BCUT2D eigenvalue weighted by Crippen LogP contribution is -1.95. The van der Waals surface area contributed by atoms with Gasteiger partial charge in [-0.1, -0.05) is 103 Å². The molecule has 0 atom stereocenters. The number of rotatable bonds is 7. The summed E-state index contributed by atoms with van der Waals surface area (Å²) < 4.78 is 0. The van der Waals surface area contributed by atoms with E-state index in [4.69, 9.17) is 4.98 Å². The first kappa shape index (κ1) is 25.1. The van der Waals surface area contributed by atoms with Crippen LogP contribution >= 0.6 is 0 Å². The van der Waals surface area contributed by atoms with Crippen LogP contribution in [0.3, 0.4) is 0 Å². The Balaban J connectivity index is 1.46. The van der Waals surface area contributed by atoms with Gasteiger partial charge >= 0.3 is 0 Å². The summed E-state index contributed by atoms with van der Waals surface area (Å²) in [5, 5.41) is 6.60. The maximum atomic E-state index is 5.15. The highest BCUT2D eigenvalue weighted by atomic mass is 14.8. The fourth-order valence-electron chi connectivity index (χ4n) is 5.09. The van der Waals surface area contributed by atoms with Gasteiger partial charge in [0.05, 0.1) is 11.4 Å². The van der Waals surface area contributed by atoms with Crippen LogP contribution in [0.5, 0.6) is 0 Å². The molecule has 0 aliphatic carbocycles. The quantitative estimate of drug-likeness (QED) is 0.221. The van der Waals surface area contributed by atoms with Crippen molar-refractivity contribution in [3.8, 4) is 55.9 Å². The minimum Gasteiger partial charge on any atom is -0.388 e. The van der Waals surface area contributed by atoms with E-state index in [0.717, 1.165) is 56.1 Å². The van der Waals surface area contributed by atoms with E-state index in [1.54, 1.807) is 0 Å². The molecule has 1 heterocycles. The van der Waals surface area contributed by atoms with Crippen LogP contribution in [0.25, 0.3) is 55.9 Å². The smallest absolute Gasteiger partial charge is 0.0715 e. The zero-order valence-electron chi connectivity index (χ0n) is 22.7. The molecule has 5 aromatic carbocycles. The molecule has 194 valence electrons. The maximum Gasteiger partial charge on any atom is 0.0715 e. The largest absolute Gasteiger partial charge is 0.388 e. The van der Waals surface area contributed by atoms with Gasteiger partial charge in [-0.3, -0.25) is 0 Å². The highest BCUT2D eigenvalue weighted by molar-refractivity contribution is 5.84. The topological polar surface area (TPSA) is 37.0 Å². The molecule has 0 saturated carbocycles. The van der Waals surface area contributed by atoms with E-state index in [-0.39, 0.29) is 0 Å². The second-order valence-corrected chi connectivity index (χ2v) is 9.78. The number of pyridine rings is 1. The fourth-order valence-corrected chi connectivity index (χ4v) is 5.09. The summed E-state index contributed by atoms with van der Waals surface area (Å²) in [6.07, 6.45) is 0. The molecule has 0 radical (unpaired) electrons. The molecular weight excluding hydrogens is 486 g/mol. The van der Waals surface area contributed by atoms with Gasteiger partial charge in [-0.15, -0.1) is 0 Å². The number of aromatic nitrogens is 1. The van der Waals surface area contributed by atoms with Crippen molar-refractivity contribution in [3.05, 3.63) is 140 Å². The third kappa shape index (κ3) is 5.23. The minimum absolute atomic E-state index is 0.945. The van der Waals surface area contributed by atoms with Gasteiger partial charge in [0.25, 0.3) is 0 Å². The van der Waals surface area contributed by atoms with Crippen LogP contribution in [0.1, 0.15) is 0 Å². The molecule has 0 spiro atoms. The van der Waals surface area contributed by atoms with Gasteiger partial charge < -0.3 is 10.6 Å². The number of hydrogen-bond donors (Lipinski definition) is 2. The average molecular weight is 518 g/mol. The van der Waals surface area contributed by atoms with Crippen molar-refractivity contribution in [1.29, 1.82) is 0 Å². The molecule has 2 N–H and O–H groups in total. The van der Waals surface area contributed by atoms with E-state index in [9.17, 15) is 0 Å². The molecule has 1 aromatic heterocycles. The molecule has 0 fully saturated rings. The van der Waals surface area contributed by atoms with Crippen LogP contribution in [0.4, 0.5) is 11.4 Å². The number of hydrogen-bond acceptors (Lipinski definition) is 3. The van der Waals surface area contributed by atoms with Crippen molar-refractivity contribution < 1.29 is 0 Å². The second kappa shape index (κ2) is 11.3. The van der Waals surface area contributed by atoms with Gasteiger partial charge in [-0.25, -0.2) is 4.98 Å². The van der Waals surface area contributed by atoms with Crippen LogP contribution in [-0.4, -0.2) is 19.1 Å². The molecule has 6 rings (SSSR count). The number of nitrogens with one attached hydrogen (secondary N) is 2. The van der Waals surface area contributed by atoms with Crippen molar-refractivity contribution in [2.24, 2.45) is 0 Å². The van der Waals surface area contributed by atoms with E-state index in [2.05, 4.69) is 138 Å². The molecule has 0 aliphatic rings. The van der Waals surface area contributed by atoms with E-state index < -0.39 is 0 Å². The molecule has 40 heavy (non-hydrogen) atoms. The van der Waals surface area contributed by atoms with E-state index in [1.807, 2.05) is 26.2 Å². The third-order valence-electron chi connectivity index (χ3n) is 7.27. The Bertz CT molecular complexity index is 1740. The Morgan fingerprint density at radius 1 is 0.400 bits per heavy atom. The summed E-state index contributed by atoms with van der Waals surface area (Å²) in [4.78, 5) is 5.15. The molecule has 3 heteroatoms.